The van der Waals surface area contributed by atoms with Gasteiger partial charge in [0, 0.05) is 0 Å². The lowest BCUT2D eigenvalue weighted by Gasteiger charge is -2.30. The molecule has 2 N–H and O–H groups in total. The number of carbonyl (C=O) groups excluding carboxylic acids is 1. The molecule has 0 aliphatic rings. The van der Waals surface area contributed by atoms with Crippen molar-refractivity contribution in [3.8, 4) is 0 Å². The molecule has 0 aliphatic carbocycles. The minimum atomic E-state index is -2.36. The summed E-state index contributed by atoms with van der Waals surface area (Å²) >= 11 is 0. The average molecular weight is 262 g/mol. The van der Waals surface area contributed by atoms with Gasteiger partial charge in [-0.1, -0.05) is 6.58 Å². The fraction of sp³-hybridized carbons (Fsp3) is 0.750. The highest BCUT2D eigenvalue weighted by molar-refractivity contribution is 5.83. The van der Waals surface area contributed by atoms with Gasteiger partial charge < -0.3 is 19.8 Å². The largest absolute Gasteiger partial charge is 0.460 e. The van der Waals surface area contributed by atoms with E-state index in [9.17, 15) is 15.0 Å². The number of aliphatic hydroxyl groups excluding tert-OH is 1. The summed E-state index contributed by atoms with van der Waals surface area (Å²) < 4.78 is 4.86. The van der Waals surface area contributed by atoms with Crippen LogP contribution in [0.3, 0.4) is 0 Å². The van der Waals surface area contributed by atoms with Crippen LogP contribution in [0.4, 0.5) is 0 Å². The minimum Gasteiger partial charge on any atom is -0.460 e. The molecule has 18 heavy (non-hydrogen) atoms. The summed E-state index contributed by atoms with van der Waals surface area (Å²) in [6.07, 6.45) is -2.19. The number of esters is 1. The molecule has 0 aromatic carbocycles. The Kier molecular flexibility index (Phi) is 6.31. The highest BCUT2D eigenvalue weighted by Gasteiger charge is 2.48. The van der Waals surface area contributed by atoms with Crippen LogP contribution in [0.15, 0.2) is 12.3 Å². The Balaban J connectivity index is 4.91. The van der Waals surface area contributed by atoms with Crippen molar-refractivity contribution >= 4 is 5.97 Å². The van der Waals surface area contributed by atoms with E-state index in [1.165, 1.54) is 6.92 Å². The van der Waals surface area contributed by atoms with E-state index in [-0.39, 0.29) is 6.10 Å². The van der Waals surface area contributed by atoms with Crippen molar-refractivity contribution in [3.63, 3.8) is 0 Å². The standard InChI is InChI=1S/C12H22O6/c1-7(2)16-11(14)12(15,9(5)13)10(6)18-17-8(3)4/h7-9,13,15H,6H2,1-5H3. The zero-order valence-electron chi connectivity index (χ0n) is 11.5. The van der Waals surface area contributed by atoms with Crippen molar-refractivity contribution in [1.82, 2.24) is 0 Å². The summed E-state index contributed by atoms with van der Waals surface area (Å²) in [5, 5.41) is 19.7. The molecule has 0 spiro atoms. The van der Waals surface area contributed by atoms with Crippen LogP contribution in [-0.4, -0.2) is 40.1 Å². The van der Waals surface area contributed by atoms with Crippen LogP contribution in [0.5, 0.6) is 0 Å². The second kappa shape index (κ2) is 6.72. The smallest absolute Gasteiger partial charge is 0.349 e. The molecule has 0 aromatic heterocycles. The van der Waals surface area contributed by atoms with Crippen molar-refractivity contribution in [2.24, 2.45) is 0 Å². The maximum Gasteiger partial charge on any atom is 0.349 e. The van der Waals surface area contributed by atoms with E-state index in [0.717, 1.165) is 0 Å². The molecule has 0 saturated heterocycles. The topological polar surface area (TPSA) is 85.2 Å². The van der Waals surface area contributed by atoms with E-state index in [1.807, 2.05) is 0 Å². The van der Waals surface area contributed by atoms with Gasteiger partial charge in [-0.25, -0.2) is 4.79 Å². The first-order valence-electron chi connectivity index (χ1n) is 5.76. The van der Waals surface area contributed by atoms with Gasteiger partial charge >= 0.3 is 5.97 Å². The Morgan fingerprint density at radius 3 is 2.00 bits per heavy atom. The van der Waals surface area contributed by atoms with E-state index < -0.39 is 29.5 Å². The van der Waals surface area contributed by atoms with E-state index >= 15 is 0 Å². The number of aliphatic hydroxyl groups is 2. The molecule has 0 aromatic rings. The Labute approximate surface area is 107 Å². The Bertz CT molecular complexity index is 297. The molecule has 6 nitrogen and oxygen atoms in total. The monoisotopic (exact) mass is 262 g/mol. The van der Waals surface area contributed by atoms with Crippen molar-refractivity contribution in [1.29, 1.82) is 0 Å². The number of hydrogen-bond donors (Lipinski definition) is 2. The molecule has 0 amide bonds. The normalized spacial score (nSPS) is 16.3. The molecule has 2 atom stereocenters. The number of hydrogen-bond acceptors (Lipinski definition) is 6. The quantitative estimate of drug-likeness (QED) is 0.307. The van der Waals surface area contributed by atoms with E-state index in [2.05, 4.69) is 6.58 Å². The number of rotatable bonds is 7. The van der Waals surface area contributed by atoms with Crippen molar-refractivity contribution in [2.75, 3.05) is 0 Å². The minimum absolute atomic E-state index is 0.291. The number of carbonyl (C=O) groups is 1. The molecule has 6 heteroatoms. The zero-order chi connectivity index (χ0) is 14.5. The average Bonchev–Trinajstić information content (AvgIpc) is 2.22. The molecular formula is C12H22O6. The van der Waals surface area contributed by atoms with Crippen molar-refractivity contribution in [3.05, 3.63) is 12.3 Å². The van der Waals surface area contributed by atoms with Gasteiger partial charge in [0.05, 0.1) is 18.3 Å². The van der Waals surface area contributed by atoms with Crippen LogP contribution in [0.2, 0.25) is 0 Å². The van der Waals surface area contributed by atoms with Crippen LogP contribution in [0.25, 0.3) is 0 Å². The summed E-state index contributed by atoms with van der Waals surface area (Å²) in [7, 11) is 0. The van der Waals surface area contributed by atoms with Crippen LogP contribution in [0, 0.1) is 0 Å². The highest BCUT2D eigenvalue weighted by atomic mass is 17.2. The summed E-state index contributed by atoms with van der Waals surface area (Å²) in [6, 6.07) is 0. The lowest BCUT2D eigenvalue weighted by Crippen LogP contribution is -2.52. The Morgan fingerprint density at radius 1 is 1.17 bits per heavy atom. The predicted octanol–water partition coefficient (Wildman–Crippen LogP) is 0.920. The third-order valence-electron chi connectivity index (χ3n) is 2.02. The van der Waals surface area contributed by atoms with Crippen LogP contribution in [-0.2, 0) is 19.3 Å². The first-order valence-corrected chi connectivity index (χ1v) is 5.76. The van der Waals surface area contributed by atoms with Crippen LogP contribution in [0.1, 0.15) is 34.6 Å². The van der Waals surface area contributed by atoms with Gasteiger partial charge in [-0.2, -0.15) is 4.89 Å². The van der Waals surface area contributed by atoms with E-state index in [1.54, 1.807) is 27.7 Å². The fourth-order valence-electron chi connectivity index (χ4n) is 1.04. The molecular weight excluding hydrogens is 240 g/mol. The molecule has 0 radical (unpaired) electrons. The summed E-state index contributed by atoms with van der Waals surface area (Å²) in [5.41, 5.74) is -2.36. The molecule has 0 bridgehead atoms. The Morgan fingerprint density at radius 2 is 1.67 bits per heavy atom. The summed E-state index contributed by atoms with van der Waals surface area (Å²) in [5.74, 6) is -1.46. The number of ether oxygens (including phenoxy) is 1. The molecule has 0 saturated carbocycles. The first kappa shape index (κ1) is 16.9. The zero-order valence-corrected chi connectivity index (χ0v) is 11.5. The molecule has 0 rings (SSSR count). The molecule has 2 unspecified atom stereocenters. The van der Waals surface area contributed by atoms with Gasteiger partial charge in [0.1, 0.15) is 0 Å². The van der Waals surface area contributed by atoms with Gasteiger partial charge in [0.2, 0.25) is 5.60 Å². The maximum absolute atomic E-state index is 11.8. The SMILES string of the molecule is C=C(OOC(C)C)C(O)(C(=O)OC(C)C)C(C)O. The predicted molar refractivity (Wildman–Crippen MR) is 64.3 cm³/mol. The molecule has 0 aliphatic heterocycles. The second-order valence-corrected chi connectivity index (χ2v) is 4.55. The fourth-order valence-corrected chi connectivity index (χ4v) is 1.04. The van der Waals surface area contributed by atoms with Crippen LogP contribution < -0.4 is 0 Å². The van der Waals surface area contributed by atoms with Crippen molar-refractivity contribution < 1.29 is 29.5 Å². The van der Waals surface area contributed by atoms with Gasteiger partial charge in [-0.15, -0.1) is 0 Å². The lowest BCUT2D eigenvalue weighted by molar-refractivity contribution is -0.305. The molecule has 0 fully saturated rings. The van der Waals surface area contributed by atoms with E-state index in [4.69, 9.17) is 14.5 Å². The second-order valence-electron chi connectivity index (χ2n) is 4.55. The lowest BCUT2D eigenvalue weighted by atomic mass is 9.96. The maximum atomic E-state index is 11.8. The third kappa shape index (κ3) is 4.29. The van der Waals surface area contributed by atoms with Gasteiger partial charge in [0.15, 0.2) is 5.76 Å². The molecule has 0 heterocycles. The summed E-state index contributed by atoms with van der Waals surface area (Å²) in [4.78, 5) is 21.3. The van der Waals surface area contributed by atoms with Gasteiger partial charge in [-0.05, 0) is 34.6 Å². The van der Waals surface area contributed by atoms with Crippen LogP contribution >= 0.6 is 0 Å². The molecule has 106 valence electrons. The van der Waals surface area contributed by atoms with Gasteiger partial charge in [-0.3, -0.25) is 0 Å². The highest BCUT2D eigenvalue weighted by Crippen LogP contribution is 2.24. The van der Waals surface area contributed by atoms with Gasteiger partial charge in [0.25, 0.3) is 0 Å². The first-order chi connectivity index (χ1) is 8.12. The summed E-state index contributed by atoms with van der Waals surface area (Å²) in [6.45, 7) is 11.2. The van der Waals surface area contributed by atoms with Crippen molar-refractivity contribution in [2.45, 2.75) is 58.5 Å². The third-order valence-corrected chi connectivity index (χ3v) is 2.02. The Hall–Kier alpha value is -1.11. The van der Waals surface area contributed by atoms with E-state index in [0.29, 0.717) is 0 Å².